The van der Waals surface area contributed by atoms with Crippen LogP contribution < -0.4 is 0 Å². The largest absolute Gasteiger partial charge is 0.481 e. The minimum Gasteiger partial charge on any atom is -0.481 e. The summed E-state index contributed by atoms with van der Waals surface area (Å²) in [4.78, 5) is 30.9. The SMILES string of the molecule is CC(C)(C)CC(=O)N1CC[C@@H](CC(=O)O)[C@@H](CC2=NCCc3ccccc32)C1. The lowest BCUT2D eigenvalue weighted by Crippen LogP contribution is -2.46. The Bertz CT molecular complexity index is 763. The summed E-state index contributed by atoms with van der Waals surface area (Å²) in [5.41, 5.74) is 3.55. The van der Waals surface area contributed by atoms with Crippen LogP contribution in [-0.2, 0) is 16.0 Å². The van der Waals surface area contributed by atoms with E-state index in [9.17, 15) is 14.7 Å². The van der Waals surface area contributed by atoms with Gasteiger partial charge in [0.25, 0.3) is 0 Å². The fraction of sp³-hybridized carbons (Fsp3) is 0.609. The van der Waals surface area contributed by atoms with Crippen LogP contribution in [0.2, 0.25) is 0 Å². The van der Waals surface area contributed by atoms with Crippen molar-refractivity contribution < 1.29 is 14.7 Å². The van der Waals surface area contributed by atoms with E-state index < -0.39 is 5.97 Å². The molecular weight excluding hydrogens is 352 g/mol. The first-order valence-electron chi connectivity index (χ1n) is 10.3. The molecule has 1 fully saturated rings. The molecule has 2 aliphatic rings. The summed E-state index contributed by atoms with van der Waals surface area (Å²) >= 11 is 0. The summed E-state index contributed by atoms with van der Waals surface area (Å²) in [5, 5.41) is 9.36. The second kappa shape index (κ2) is 8.46. The average Bonchev–Trinajstić information content (AvgIpc) is 2.61. The third kappa shape index (κ3) is 5.21. The normalized spacial score (nSPS) is 22.4. The molecule has 1 N–H and O–H groups in total. The van der Waals surface area contributed by atoms with E-state index in [1.807, 2.05) is 11.0 Å². The highest BCUT2D eigenvalue weighted by molar-refractivity contribution is 6.02. The zero-order valence-electron chi connectivity index (χ0n) is 17.3. The number of carbonyl (C=O) groups is 2. The number of nitrogens with zero attached hydrogens (tertiary/aromatic N) is 2. The Morgan fingerprint density at radius 2 is 1.96 bits per heavy atom. The van der Waals surface area contributed by atoms with Crippen LogP contribution in [0.5, 0.6) is 0 Å². The van der Waals surface area contributed by atoms with Crippen LogP contribution >= 0.6 is 0 Å². The van der Waals surface area contributed by atoms with Crippen molar-refractivity contribution >= 4 is 17.6 Å². The van der Waals surface area contributed by atoms with Gasteiger partial charge in [0.15, 0.2) is 0 Å². The van der Waals surface area contributed by atoms with Crippen molar-refractivity contribution in [2.45, 2.75) is 52.9 Å². The minimum absolute atomic E-state index is 0.0448. The van der Waals surface area contributed by atoms with E-state index in [0.717, 1.165) is 31.5 Å². The molecule has 2 atom stereocenters. The summed E-state index contributed by atoms with van der Waals surface area (Å²) in [6.45, 7) is 8.31. The van der Waals surface area contributed by atoms with Gasteiger partial charge < -0.3 is 10.0 Å². The van der Waals surface area contributed by atoms with E-state index in [4.69, 9.17) is 4.99 Å². The van der Waals surface area contributed by atoms with Gasteiger partial charge in [-0.3, -0.25) is 14.6 Å². The molecule has 1 aromatic carbocycles. The summed E-state index contributed by atoms with van der Waals surface area (Å²) in [6, 6.07) is 8.36. The lowest BCUT2D eigenvalue weighted by atomic mass is 9.78. The van der Waals surface area contributed by atoms with Crippen molar-refractivity contribution in [3.8, 4) is 0 Å². The monoisotopic (exact) mass is 384 g/mol. The molecule has 1 saturated heterocycles. The van der Waals surface area contributed by atoms with Crippen LogP contribution in [0.4, 0.5) is 0 Å². The van der Waals surface area contributed by atoms with Crippen LogP contribution in [0.15, 0.2) is 29.3 Å². The molecule has 152 valence electrons. The first-order valence-corrected chi connectivity index (χ1v) is 10.3. The molecule has 0 spiro atoms. The number of rotatable bonds is 5. The number of likely N-dealkylation sites (tertiary alicyclic amines) is 1. The summed E-state index contributed by atoms with van der Waals surface area (Å²) < 4.78 is 0. The molecule has 0 saturated carbocycles. The second-order valence-electron chi connectivity index (χ2n) is 9.42. The van der Waals surface area contributed by atoms with Crippen molar-refractivity contribution in [2.75, 3.05) is 19.6 Å². The number of carboxylic acids is 1. The summed E-state index contributed by atoms with van der Waals surface area (Å²) in [7, 11) is 0. The number of aliphatic imine (C=N–C) groups is 1. The molecule has 1 amide bonds. The lowest BCUT2D eigenvalue weighted by Gasteiger charge is -2.39. The number of piperidine rings is 1. The highest BCUT2D eigenvalue weighted by atomic mass is 16.4. The first kappa shape index (κ1) is 20.6. The molecule has 2 aliphatic heterocycles. The van der Waals surface area contributed by atoms with Gasteiger partial charge in [-0.2, -0.15) is 0 Å². The average molecular weight is 385 g/mol. The second-order valence-corrected chi connectivity index (χ2v) is 9.42. The van der Waals surface area contributed by atoms with Crippen molar-refractivity contribution in [3.05, 3.63) is 35.4 Å². The minimum atomic E-state index is -0.754. The predicted molar refractivity (Wildman–Crippen MR) is 111 cm³/mol. The Labute approximate surface area is 167 Å². The Morgan fingerprint density at radius 3 is 2.68 bits per heavy atom. The molecule has 0 unspecified atom stereocenters. The number of amides is 1. The highest BCUT2D eigenvalue weighted by Crippen LogP contribution is 2.33. The highest BCUT2D eigenvalue weighted by Gasteiger charge is 2.35. The Morgan fingerprint density at radius 1 is 1.21 bits per heavy atom. The predicted octanol–water partition coefficient (Wildman–Crippen LogP) is 3.80. The quantitative estimate of drug-likeness (QED) is 0.839. The van der Waals surface area contributed by atoms with Crippen LogP contribution in [0, 0.1) is 17.3 Å². The smallest absolute Gasteiger partial charge is 0.303 e. The third-order valence-corrected chi connectivity index (χ3v) is 5.83. The molecule has 5 heteroatoms. The van der Waals surface area contributed by atoms with Gasteiger partial charge >= 0.3 is 5.97 Å². The molecule has 3 rings (SSSR count). The van der Waals surface area contributed by atoms with E-state index in [-0.39, 0.29) is 29.6 Å². The summed E-state index contributed by atoms with van der Waals surface area (Å²) in [5.74, 6) is -0.348. The summed E-state index contributed by atoms with van der Waals surface area (Å²) in [6.07, 6.45) is 3.14. The number of hydrogen-bond acceptors (Lipinski definition) is 3. The molecular formula is C23H32N2O3. The van der Waals surface area contributed by atoms with Gasteiger partial charge in [0.2, 0.25) is 5.91 Å². The Hall–Kier alpha value is -2.17. The number of aliphatic carboxylic acids is 1. The van der Waals surface area contributed by atoms with Gasteiger partial charge in [-0.15, -0.1) is 0 Å². The van der Waals surface area contributed by atoms with Crippen molar-refractivity contribution in [2.24, 2.45) is 22.2 Å². The molecule has 28 heavy (non-hydrogen) atoms. The van der Waals surface area contributed by atoms with E-state index in [2.05, 4.69) is 39.0 Å². The van der Waals surface area contributed by atoms with E-state index in [0.29, 0.717) is 19.5 Å². The molecule has 0 aliphatic carbocycles. The van der Waals surface area contributed by atoms with Crippen LogP contribution in [-0.4, -0.2) is 47.2 Å². The van der Waals surface area contributed by atoms with E-state index >= 15 is 0 Å². The fourth-order valence-corrected chi connectivity index (χ4v) is 4.44. The van der Waals surface area contributed by atoms with Gasteiger partial charge in [-0.05, 0) is 47.6 Å². The van der Waals surface area contributed by atoms with Crippen molar-refractivity contribution in [1.82, 2.24) is 4.90 Å². The lowest BCUT2D eigenvalue weighted by molar-refractivity contribution is -0.140. The van der Waals surface area contributed by atoms with Gasteiger partial charge in [0.1, 0.15) is 0 Å². The zero-order valence-corrected chi connectivity index (χ0v) is 17.3. The maximum Gasteiger partial charge on any atom is 0.303 e. The molecule has 0 aromatic heterocycles. The molecule has 0 bridgehead atoms. The third-order valence-electron chi connectivity index (χ3n) is 5.83. The standard InChI is InChI=1S/C23H32N2O3/c1-23(2,3)14-21(26)25-11-9-17(13-22(27)28)18(15-25)12-20-19-7-5-4-6-16(19)8-10-24-20/h4-7,17-18H,8-15H2,1-3H3,(H,27,28)/t17-,18-/m0/s1. The zero-order chi connectivity index (χ0) is 20.3. The number of carbonyl (C=O) groups excluding carboxylic acids is 1. The Kier molecular flexibility index (Phi) is 6.21. The number of carboxylic acid groups (broad SMARTS) is 1. The van der Waals surface area contributed by atoms with Crippen LogP contribution in [0.3, 0.4) is 0 Å². The number of benzene rings is 1. The Balaban J connectivity index is 1.77. The van der Waals surface area contributed by atoms with Crippen molar-refractivity contribution in [1.29, 1.82) is 0 Å². The molecule has 5 nitrogen and oxygen atoms in total. The topological polar surface area (TPSA) is 70.0 Å². The molecule has 0 radical (unpaired) electrons. The van der Waals surface area contributed by atoms with Gasteiger partial charge in [0, 0.05) is 38.2 Å². The fourth-order valence-electron chi connectivity index (χ4n) is 4.44. The van der Waals surface area contributed by atoms with Gasteiger partial charge in [-0.25, -0.2) is 0 Å². The van der Waals surface area contributed by atoms with Gasteiger partial charge in [0.05, 0.1) is 0 Å². The van der Waals surface area contributed by atoms with Crippen molar-refractivity contribution in [3.63, 3.8) is 0 Å². The molecule has 2 heterocycles. The van der Waals surface area contributed by atoms with Crippen LogP contribution in [0.1, 0.15) is 57.6 Å². The molecule has 1 aromatic rings. The number of fused-ring (bicyclic) bond motifs is 1. The maximum atomic E-state index is 12.8. The first-order chi connectivity index (χ1) is 13.2. The number of hydrogen-bond donors (Lipinski definition) is 1. The van der Waals surface area contributed by atoms with E-state index in [1.165, 1.54) is 11.1 Å². The van der Waals surface area contributed by atoms with E-state index in [1.54, 1.807) is 0 Å². The van der Waals surface area contributed by atoms with Crippen LogP contribution in [0.25, 0.3) is 0 Å². The maximum absolute atomic E-state index is 12.8. The van der Waals surface area contributed by atoms with Gasteiger partial charge in [-0.1, -0.05) is 45.0 Å².